The topological polar surface area (TPSA) is 86.9 Å². The van der Waals surface area contributed by atoms with E-state index < -0.39 is 5.82 Å². The van der Waals surface area contributed by atoms with E-state index in [-0.39, 0.29) is 29.3 Å². The number of hydrogen-bond acceptors (Lipinski definition) is 3. The number of halogens is 1. The molecule has 0 unspecified atom stereocenters. The molecule has 0 spiro atoms. The van der Waals surface area contributed by atoms with Gasteiger partial charge in [-0.2, -0.15) is 5.26 Å². The average Bonchev–Trinajstić information content (AvgIpc) is 2.83. The summed E-state index contributed by atoms with van der Waals surface area (Å²) < 4.78 is 15.2. The number of anilines is 1. The van der Waals surface area contributed by atoms with Crippen LogP contribution in [0.4, 0.5) is 10.1 Å². The molecule has 27 heavy (non-hydrogen) atoms. The van der Waals surface area contributed by atoms with Gasteiger partial charge in [-0.15, -0.1) is 0 Å². The van der Waals surface area contributed by atoms with Crippen LogP contribution in [-0.2, 0) is 18.3 Å². The molecule has 0 bridgehead atoms. The van der Waals surface area contributed by atoms with Crippen LogP contribution in [0.2, 0.25) is 0 Å². The number of carbonyl (C=O) groups is 2. The molecule has 6 nitrogen and oxygen atoms in total. The second kappa shape index (κ2) is 7.62. The zero-order chi connectivity index (χ0) is 20.4. The SMILES string of the molecule is Cc1c(C(=O)Nc2ccc(F)c(C#N)c2)cc(CC(=O)NC(C)(C)C)n1C. The van der Waals surface area contributed by atoms with E-state index in [9.17, 15) is 14.0 Å². The number of nitriles is 1. The Morgan fingerprint density at radius 1 is 1.26 bits per heavy atom. The molecule has 0 fully saturated rings. The van der Waals surface area contributed by atoms with Crippen molar-refractivity contribution in [2.45, 2.75) is 39.7 Å². The Morgan fingerprint density at radius 3 is 2.52 bits per heavy atom. The van der Waals surface area contributed by atoms with Gasteiger partial charge in [-0.25, -0.2) is 4.39 Å². The van der Waals surface area contributed by atoms with Crippen LogP contribution in [0.5, 0.6) is 0 Å². The molecule has 0 atom stereocenters. The van der Waals surface area contributed by atoms with Gasteiger partial charge in [-0.05, 0) is 52.0 Å². The van der Waals surface area contributed by atoms with E-state index in [2.05, 4.69) is 10.6 Å². The van der Waals surface area contributed by atoms with E-state index in [1.165, 1.54) is 12.1 Å². The maximum atomic E-state index is 13.4. The van der Waals surface area contributed by atoms with Crippen LogP contribution in [0.3, 0.4) is 0 Å². The molecule has 142 valence electrons. The van der Waals surface area contributed by atoms with Crippen LogP contribution in [0.25, 0.3) is 0 Å². The summed E-state index contributed by atoms with van der Waals surface area (Å²) in [5.74, 6) is -1.16. The summed E-state index contributed by atoms with van der Waals surface area (Å²) in [6.45, 7) is 7.49. The van der Waals surface area contributed by atoms with Crippen molar-refractivity contribution in [2.75, 3.05) is 5.32 Å². The lowest BCUT2D eigenvalue weighted by Gasteiger charge is -2.20. The van der Waals surface area contributed by atoms with Gasteiger partial charge >= 0.3 is 0 Å². The first-order chi connectivity index (χ1) is 12.5. The monoisotopic (exact) mass is 370 g/mol. The van der Waals surface area contributed by atoms with E-state index in [1.807, 2.05) is 20.8 Å². The molecule has 2 N–H and O–H groups in total. The number of nitrogens with one attached hydrogen (secondary N) is 2. The Bertz CT molecular complexity index is 933. The van der Waals surface area contributed by atoms with Gasteiger partial charge in [0.1, 0.15) is 11.9 Å². The van der Waals surface area contributed by atoms with E-state index >= 15 is 0 Å². The third-order valence-corrected chi connectivity index (χ3v) is 4.08. The largest absolute Gasteiger partial charge is 0.351 e. The Labute approximate surface area is 158 Å². The number of benzene rings is 1. The van der Waals surface area contributed by atoms with Gasteiger partial charge in [-0.1, -0.05) is 0 Å². The fraction of sp³-hybridized carbons (Fsp3) is 0.350. The van der Waals surface area contributed by atoms with Crippen molar-refractivity contribution in [3.8, 4) is 6.07 Å². The summed E-state index contributed by atoms with van der Waals surface area (Å²) in [6, 6.07) is 7.21. The zero-order valence-electron chi connectivity index (χ0n) is 16.1. The minimum atomic E-state index is -0.640. The number of rotatable bonds is 4. The first-order valence-corrected chi connectivity index (χ1v) is 8.49. The van der Waals surface area contributed by atoms with Crippen molar-refractivity contribution >= 4 is 17.5 Å². The number of aromatic nitrogens is 1. The molecular formula is C20H23FN4O2. The van der Waals surface area contributed by atoms with Crippen LogP contribution in [0, 0.1) is 24.1 Å². The molecule has 0 aliphatic heterocycles. The fourth-order valence-corrected chi connectivity index (χ4v) is 2.68. The summed E-state index contributed by atoms with van der Waals surface area (Å²) >= 11 is 0. The van der Waals surface area contributed by atoms with Gasteiger partial charge in [-0.3, -0.25) is 9.59 Å². The molecule has 0 radical (unpaired) electrons. The van der Waals surface area contributed by atoms with Gasteiger partial charge in [0.2, 0.25) is 5.91 Å². The molecule has 0 saturated heterocycles. The van der Waals surface area contributed by atoms with Crippen molar-refractivity contribution in [2.24, 2.45) is 7.05 Å². The molecular weight excluding hydrogens is 347 g/mol. The van der Waals surface area contributed by atoms with Gasteiger partial charge in [0.05, 0.1) is 17.5 Å². The van der Waals surface area contributed by atoms with Crippen LogP contribution >= 0.6 is 0 Å². The number of hydrogen-bond donors (Lipinski definition) is 2. The predicted octanol–water partition coefficient (Wildman–Crippen LogP) is 3.05. The van der Waals surface area contributed by atoms with Crippen molar-refractivity contribution < 1.29 is 14.0 Å². The van der Waals surface area contributed by atoms with E-state index in [1.54, 1.807) is 30.7 Å². The van der Waals surface area contributed by atoms with Crippen LogP contribution in [-0.4, -0.2) is 21.9 Å². The first-order valence-electron chi connectivity index (χ1n) is 8.49. The molecule has 7 heteroatoms. The first kappa shape index (κ1) is 20.2. The highest BCUT2D eigenvalue weighted by Crippen LogP contribution is 2.19. The highest BCUT2D eigenvalue weighted by Gasteiger charge is 2.20. The van der Waals surface area contributed by atoms with Crippen LogP contribution in [0.1, 0.15) is 48.1 Å². The van der Waals surface area contributed by atoms with E-state index in [0.717, 1.165) is 6.07 Å². The molecule has 2 amide bonds. The minimum absolute atomic E-state index is 0.132. The molecule has 0 saturated carbocycles. The van der Waals surface area contributed by atoms with Crippen LogP contribution < -0.4 is 10.6 Å². The molecule has 1 aromatic heterocycles. The van der Waals surface area contributed by atoms with Gasteiger partial charge < -0.3 is 15.2 Å². The second-order valence-corrected chi connectivity index (χ2v) is 7.43. The molecule has 2 aromatic rings. The molecule has 2 rings (SSSR count). The lowest BCUT2D eigenvalue weighted by Crippen LogP contribution is -2.41. The van der Waals surface area contributed by atoms with Crippen molar-refractivity contribution in [1.29, 1.82) is 5.26 Å². The summed E-state index contributed by atoms with van der Waals surface area (Å²) in [6.07, 6.45) is 0.150. The lowest BCUT2D eigenvalue weighted by molar-refractivity contribution is -0.121. The van der Waals surface area contributed by atoms with Gasteiger partial charge in [0.15, 0.2) is 0 Å². The maximum Gasteiger partial charge on any atom is 0.257 e. The number of carbonyl (C=O) groups excluding carboxylic acids is 2. The third-order valence-electron chi connectivity index (χ3n) is 4.08. The highest BCUT2D eigenvalue weighted by atomic mass is 19.1. The Balaban J connectivity index is 2.20. The summed E-state index contributed by atoms with van der Waals surface area (Å²) in [5, 5.41) is 14.5. The highest BCUT2D eigenvalue weighted by molar-refractivity contribution is 6.05. The molecule has 1 heterocycles. The fourth-order valence-electron chi connectivity index (χ4n) is 2.68. The minimum Gasteiger partial charge on any atom is -0.351 e. The third kappa shape index (κ3) is 4.94. The Hall–Kier alpha value is -3.14. The summed E-state index contributed by atoms with van der Waals surface area (Å²) in [4.78, 5) is 24.8. The second-order valence-electron chi connectivity index (χ2n) is 7.43. The average molecular weight is 370 g/mol. The maximum absolute atomic E-state index is 13.4. The zero-order valence-corrected chi connectivity index (χ0v) is 16.1. The standard InChI is InChI=1S/C20H23FN4O2/c1-12-16(9-15(25(12)5)10-18(26)24-20(2,3)4)19(27)23-14-6-7-17(21)13(8-14)11-22/h6-9H,10H2,1-5H3,(H,23,27)(H,24,26). The van der Waals surface area contributed by atoms with Crippen molar-refractivity contribution in [1.82, 2.24) is 9.88 Å². The van der Waals surface area contributed by atoms with Crippen LogP contribution in [0.15, 0.2) is 24.3 Å². The van der Waals surface area contributed by atoms with Gasteiger partial charge in [0, 0.05) is 29.7 Å². The summed E-state index contributed by atoms with van der Waals surface area (Å²) in [7, 11) is 1.79. The quantitative estimate of drug-likeness (QED) is 0.867. The number of amides is 2. The molecule has 0 aliphatic carbocycles. The number of nitrogens with zero attached hydrogens (tertiary/aromatic N) is 2. The predicted molar refractivity (Wildman–Crippen MR) is 101 cm³/mol. The van der Waals surface area contributed by atoms with Gasteiger partial charge in [0.25, 0.3) is 5.91 Å². The molecule has 0 aliphatic rings. The summed E-state index contributed by atoms with van der Waals surface area (Å²) in [5.41, 5.74) is 1.67. The smallest absolute Gasteiger partial charge is 0.257 e. The van der Waals surface area contributed by atoms with Crippen molar-refractivity contribution in [3.63, 3.8) is 0 Å². The molecule has 1 aromatic carbocycles. The van der Waals surface area contributed by atoms with E-state index in [4.69, 9.17) is 5.26 Å². The lowest BCUT2D eigenvalue weighted by atomic mass is 10.1. The normalized spacial score (nSPS) is 11.0. The Kier molecular flexibility index (Phi) is 5.69. The Morgan fingerprint density at radius 2 is 1.93 bits per heavy atom. The van der Waals surface area contributed by atoms with E-state index in [0.29, 0.717) is 22.6 Å². The van der Waals surface area contributed by atoms with Crippen molar-refractivity contribution in [3.05, 3.63) is 52.6 Å².